The van der Waals surface area contributed by atoms with Crippen molar-refractivity contribution in [1.29, 1.82) is 0 Å². The predicted molar refractivity (Wildman–Crippen MR) is 65.6 cm³/mol. The van der Waals surface area contributed by atoms with E-state index in [9.17, 15) is 18.0 Å². The van der Waals surface area contributed by atoms with Crippen LogP contribution in [0.4, 0.5) is 13.2 Å². The van der Waals surface area contributed by atoms with Crippen molar-refractivity contribution in [2.75, 3.05) is 6.61 Å². The van der Waals surface area contributed by atoms with Gasteiger partial charge in [-0.3, -0.25) is 4.79 Å². The summed E-state index contributed by atoms with van der Waals surface area (Å²) in [5.74, 6) is -0.509. The fourth-order valence-corrected chi connectivity index (χ4v) is 1.89. The lowest BCUT2D eigenvalue weighted by molar-refractivity contribution is -0.194. The van der Waals surface area contributed by atoms with Crippen LogP contribution in [0.3, 0.4) is 0 Å². The maximum Gasteiger partial charge on any atom is 0.397 e. The van der Waals surface area contributed by atoms with E-state index >= 15 is 0 Å². The molecule has 0 aliphatic heterocycles. The second kappa shape index (κ2) is 5.34. The molecule has 1 fully saturated rings. The molecule has 1 aliphatic carbocycles. The highest BCUT2D eigenvalue weighted by molar-refractivity contribution is 5.67. The SMILES string of the molecule is O=C(O)CCc1ccc(OCC2(C(F)(F)F)CC2)cc1. The number of hydrogen-bond acceptors (Lipinski definition) is 2. The van der Waals surface area contributed by atoms with Gasteiger partial charge in [0.2, 0.25) is 0 Å². The summed E-state index contributed by atoms with van der Waals surface area (Å²) in [5, 5.41) is 8.56. The van der Waals surface area contributed by atoms with Crippen molar-refractivity contribution in [1.82, 2.24) is 0 Å². The maximum atomic E-state index is 12.7. The van der Waals surface area contributed by atoms with Gasteiger partial charge in [0.1, 0.15) is 17.8 Å². The van der Waals surface area contributed by atoms with Gasteiger partial charge in [-0.05, 0) is 37.0 Å². The van der Waals surface area contributed by atoms with Crippen LogP contribution in [0.25, 0.3) is 0 Å². The molecule has 0 amide bonds. The van der Waals surface area contributed by atoms with E-state index in [1.807, 2.05) is 0 Å². The van der Waals surface area contributed by atoms with Gasteiger partial charge < -0.3 is 9.84 Å². The van der Waals surface area contributed by atoms with Gasteiger partial charge in [-0.25, -0.2) is 0 Å². The molecular weight excluding hydrogens is 273 g/mol. The second-order valence-corrected chi connectivity index (χ2v) is 5.10. The van der Waals surface area contributed by atoms with Crippen molar-refractivity contribution < 1.29 is 27.8 Å². The van der Waals surface area contributed by atoms with Crippen molar-refractivity contribution in [3.63, 3.8) is 0 Å². The Morgan fingerprint density at radius 2 is 1.85 bits per heavy atom. The minimum Gasteiger partial charge on any atom is -0.493 e. The Bertz CT molecular complexity index is 475. The number of aryl methyl sites for hydroxylation is 1. The van der Waals surface area contributed by atoms with Crippen LogP contribution in [0, 0.1) is 5.41 Å². The Balaban J connectivity index is 1.87. The monoisotopic (exact) mass is 288 g/mol. The molecule has 0 spiro atoms. The molecule has 0 aromatic heterocycles. The standard InChI is InChI=1S/C14H15F3O3/c15-14(16,17)13(7-8-13)9-20-11-4-1-10(2-5-11)3-6-12(18)19/h1-2,4-5H,3,6-9H2,(H,18,19). The van der Waals surface area contributed by atoms with E-state index < -0.39 is 17.6 Å². The van der Waals surface area contributed by atoms with Gasteiger partial charge in [0.25, 0.3) is 0 Å². The quantitative estimate of drug-likeness (QED) is 0.872. The predicted octanol–water partition coefficient (Wildman–Crippen LogP) is 3.43. The van der Waals surface area contributed by atoms with Crippen LogP contribution in [0.5, 0.6) is 5.75 Å². The Kier molecular flexibility index (Phi) is 3.92. The maximum absolute atomic E-state index is 12.7. The average Bonchev–Trinajstić information content (AvgIpc) is 3.15. The molecule has 0 atom stereocenters. The number of rotatable bonds is 6. The normalized spacial score (nSPS) is 16.8. The molecule has 0 bridgehead atoms. The highest BCUT2D eigenvalue weighted by Gasteiger charge is 2.63. The molecule has 110 valence electrons. The number of carboxylic acids is 1. The number of hydrogen-bond donors (Lipinski definition) is 1. The van der Waals surface area contributed by atoms with Crippen LogP contribution in [0.15, 0.2) is 24.3 Å². The van der Waals surface area contributed by atoms with Crippen LogP contribution in [-0.4, -0.2) is 23.9 Å². The van der Waals surface area contributed by atoms with Crippen LogP contribution in [0.1, 0.15) is 24.8 Å². The fraction of sp³-hybridized carbons (Fsp3) is 0.500. The highest BCUT2D eigenvalue weighted by Crippen LogP contribution is 2.57. The van der Waals surface area contributed by atoms with E-state index in [1.54, 1.807) is 24.3 Å². The molecule has 0 unspecified atom stereocenters. The van der Waals surface area contributed by atoms with E-state index in [0.29, 0.717) is 12.2 Å². The summed E-state index contributed by atoms with van der Waals surface area (Å²) in [7, 11) is 0. The molecule has 0 saturated heterocycles. The lowest BCUT2D eigenvalue weighted by Gasteiger charge is -2.19. The smallest absolute Gasteiger partial charge is 0.397 e. The van der Waals surface area contributed by atoms with Crippen LogP contribution < -0.4 is 4.74 Å². The summed E-state index contributed by atoms with van der Waals surface area (Å²) >= 11 is 0. The van der Waals surface area contributed by atoms with Crippen LogP contribution in [-0.2, 0) is 11.2 Å². The first kappa shape index (κ1) is 14.7. The van der Waals surface area contributed by atoms with Gasteiger partial charge in [0.15, 0.2) is 0 Å². The van der Waals surface area contributed by atoms with Gasteiger partial charge in [-0.2, -0.15) is 13.2 Å². The number of carbonyl (C=O) groups is 1. The minimum absolute atomic E-state index is 0.0252. The van der Waals surface area contributed by atoms with Crippen molar-refractivity contribution in [3.05, 3.63) is 29.8 Å². The molecular formula is C14H15F3O3. The highest BCUT2D eigenvalue weighted by atomic mass is 19.4. The van der Waals surface area contributed by atoms with Gasteiger partial charge in [0, 0.05) is 6.42 Å². The molecule has 0 radical (unpaired) electrons. The number of benzene rings is 1. The molecule has 20 heavy (non-hydrogen) atoms. The molecule has 0 heterocycles. The summed E-state index contributed by atoms with van der Waals surface area (Å²) in [6.07, 6.45) is -3.56. The second-order valence-electron chi connectivity index (χ2n) is 5.10. The first-order valence-electron chi connectivity index (χ1n) is 6.33. The average molecular weight is 288 g/mol. The minimum atomic E-state index is -4.21. The van der Waals surface area contributed by atoms with E-state index in [-0.39, 0.29) is 25.9 Å². The molecule has 1 aromatic rings. The van der Waals surface area contributed by atoms with Gasteiger partial charge >= 0.3 is 12.1 Å². The van der Waals surface area contributed by atoms with Crippen molar-refractivity contribution in [3.8, 4) is 5.75 Å². The Labute approximate surface area is 114 Å². The Morgan fingerprint density at radius 3 is 2.30 bits per heavy atom. The molecule has 3 nitrogen and oxygen atoms in total. The van der Waals surface area contributed by atoms with Crippen LogP contribution >= 0.6 is 0 Å². The summed E-state index contributed by atoms with van der Waals surface area (Å²) in [5.41, 5.74) is -0.855. The summed E-state index contributed by atoms with van der Waals surface area (Å²) < 4.78 is 43.3. The Hall–Kier alpha value is -1.72. The van der Waals surface area contributed by atoms with E-state index in [1.165, 1.54) is 0 Å². The van der Waals surface area contributed by atoms with Gasteiger partial charge in [0.05, 0.1) is 0 Å². The number of carboxylic acid groups (broad SMARTS) is 1. The summed E-state index contributed by atoms with van der Waals surface area (Å²) in [4.78, 5) is 10.4. The molecule has 1 saturated carbocycles. The number of aliphatic carboxylic acids is 1. The topological polar surface area (TPSA) is 46.5 Å². The molecule has 6 heteroatoms. The lowest BCUT2D eigenvalue weighted by Crippen LogP contribution is -2.30. The van der Waals surface area contributed by atoms with Gasteiger partial charge in [-0.1, -0.05) is 12.1 Å². The molecule has 2 rings (SSSR count). The van der Waals surface area contributed by atoms with E-state index in [0.717, 1.165) is 5.56 Å². The third-order valence-corrected chi connectivity index (χ3v) is 3.52. The summed E-state index contributed by atoms with van der Waals surface area (Å²) in [6.45, 7) is -0.356. The fourth-order valence-electron chi connectivity index (χ4n) is 1.89. The first-order valence-corrected chi connectivity index (χ1v) is 6.33. The Morgan fingerprint density at radius 1 is 1.25 bits per heavy atom. The molecule has 1 N–H and O–H groups in total. The lowest BCUT2D eigenvalue weighted by atomic mass is 10.1. The number of ether oxygens (including phenoxy) is 1. The third kappa shape index (κ3) is 3.43. The zero-order valence-corrected chi connectivity index (χ0v) is 10.7. The largest absolute Gasteiger partial charge is 0.493 e. The number of alkyl halides is 3. The zero-order valence-electron chi connectivity index (χ0n) is 10.7. The number of halogens is 3. The first-order chi connectivity index (χ1) is 9.32. The van der Waals surface area contributed by atoms with E-state index in [2.05, 4.69) is 0 Å². The van der Waals surface area contributed by atoms with Crippen LogP contribution in [0.2, 0.25) is 0 Å². The van der Waals surface area contributed by atoms with Gasteiger partial charge in [-0.15, -0.1) is 0 Å². The van der Waals surface area contributed by atoms with Crippen molar-refractivity contribution in [2.45, 2.75) is 31.9 Å². The molecule has 1 aliphatic rings. The zero-order chi connectivity index (χ0) is 14.8. The summed E-state index contributed by atoms with van der Waals surface area (Å²) in [6, 6.07) is 6.49. The molecule has 1 aromatic carbocycles. The van der Waals surface area contributed by atoms with Crippen molar-refractivity contribution in [2.24, 2.45) is 5.41 Å². The third-order valence-electron chi connectivity index (χ3n) is 3.52. The van der Waals surface area contributed by atoms with Crippen molar-refractivity contribution >= 4 is 5.97 Å². The van der Waals surface area contributed by atoms with E-state index in [4.69, 9.17) is 9.84 Å².